The van der Waals surface area contributed by atoms with Crippen molar-refractivity contribution >= 4 is 5.97 Å². The monoisotopic (exact) mass is 309 g/mol. The van der Waals surface area contributed by atoms with Gasteiger partial charge >= 0.3 is 5.97 Å². The van der Waals surface area contributed by atoms with Crippen molar-refractivity contribution in [3.63, 3.8) is 0 Å². The molecule has 0 bridgehead atoms. The summed E-state index contributed by atoms with van der Waals surface area (Å²) in [7, 11) is 0. The number of imidazole rings is 1. The first-order valence-electron chi connectivity index (χ1n) is 7.89. The number of aliphatic carboxylic acids is 1. The first-order valence-corrected chi connectivity index (χ1v) is 7.89. The third-order valence-electron chi connectivity index (χ3n) is 3.60. The molecule has 1 aromatic rings. The van der Waals surface area contributed by atoms with Gasteiger partial charge in [-0.3, -0.25) is 4.84 Å². The van der Waals surface area contributed by atoms with E-state index in [1.54, 1.807) is 12.5 Å². The highest BCUT2D eigenvalue weighted by atomic mass is 16.6. The highest BCUT2D eigenvalue weighted by Crippen LogP contribution is 2.15. The lowest BCUT2D eigenvalue weighted by molar-refractivity contribution is -0.151. The second-order valence-corrected chi connectivity index (χ2v) is 5.45. The number of aromatic nitrogens is 2. The van der Waals surface area contributed by atoms with Gasteiger partial charge in [-0.05, 0) is 25.7 Å². The first kappa shape index (κ1) is 18.4. The summed E-state index contributed by atoms with van der Waals surface area (Å²) < 4.78 is 2.03. The second kappa shape index (κ2) is 11.0. The molecule has 6 nitrogen and oxygen atoms in total. The number of unbranched alkanes of at least 4 members (excludes halogenated alkanes) is 3. The van der Waals surface area contributed by atoms with Crippen LogP contribution in [0.4, 0.5) is 0 Å². The molecule has 0 spiro atoms. The number of allylic oxidation sites excluding steroid dienone is 2. The van der Waals surface area contributed by atoms with Crippen LogP contribution in [0.1, 0.15) is 51.9 Å². The van der Waals surface area contributed by atoms with Crippen LogP contribution in [0.2, 0.25) is 0 Å². The minimum Gasteiger partial charge on any atom is -0.479 e. The molecule has 1 unspecified atom stereocenters. The number of nitrogens with zero attached hydrogens (tertiary/aromatic N) is 2. The van der Waals surface area contributed by atoms with Crippen molar-refractivity contribution in [1.82, 2.24) is 9.55 Å². The molecule has 0 aromatic carbocycles. The molecule has 1 aromatic heterocycles. The van der Waals surface area contributed by atoms with E-state index in [0.29, 0.717) is 12.8 Å². The summed E-state index contributed by atoms with van der Waals surface area (Å²) in [5.41, 5.74) is 1.30. The molecule has 22 heavy (non-hydrogen) atoms. The Kier molecular flexibility index (Phi) is 9.18. The van der Waals surface area contributed by atoms with Gasteiger partial charge in [0.05, 0.1) is 6.33 Å². The van der Waals surface area contributed by atoms with Crippen molar-refractivity contribution in [3.05, 3.63) is 30.4 Å². The van der Waals surface area contributed by atoms with E-state index in [-0.39, 0.29) is 0 Å². The predicted octanol–water partition coefficient (Wildman–Crippen LogP) is 2.90. The van der Waals surface area contributed by atoms with Crippen molar-refractivity contribution in [2.24, 2.45) is 5.90 Å². The molecule has 1 atom stereocenters. The molecule has 124 valence electrons. The fourth-order valence-corrected chi connectivity index (χ4v) is 2.33. The van der Waals surface area contributed by atoms with Gasteiger partial charge in [-0.15, -0.1) is 0 Å². The van der Waals surface area contributed by atoms with Crippen LogP contribution in [0.3, 0.4) is 0 Å². The number of carboxylic acids is 1. The minimum atomic E-state index is -1.02. The van der Waals surface area contributed by atoms with E-state index in [1.165, 1.54) is 24.8 Å². The first-order chi connectivity index (χ1) is 10.7. The van der Waals surface area contributed by atoms with E-state index in [1.807, 2.05) is 10.8 Å². The number of hydrogen-bond acceptors (Lipinski definition) is 4. The molecule has 6 heteroatoms. The predicted molar refractivity (Wildman–Crippen MR) is 85.0 cm³/mol. The Morgan fingerprint density at radius 3 is 2.86 bits per heavy atom. The Labute approximate surface area is 131 Å². The van der Waals surface area contributed by atoms with Crippen molar-refractivity contribution < 1.29 is 14.7 Å². The van der Waals surface area contributed by atoms with Crippen LogP contribution < -0.4 is 5.90 Å². The fraction of sp³-hybridized carbons (Fsp3) is 0.625. The lowest BCUT2D eigenvalue weighted by atomic mass is 10.0. The van der Waals surface area contributed by atoms with Gasteiger partial charge in [0, 0.05) is 18.9 Å². The van der Waals surface area contributed by atoms with Crippen LogP contribution in [0.5, 0.6) is 0 Å². The van der Waals surface area contributed by atoms with Gasteiger partial charge in [0.25, 0.3) is 0 Å². The average molecular weight is 309 g/mol. The fourth-order valence-electron chi connectivity index (χ4n) is 2.33. The Hall–Kier alpha value is -1.66. The van der Waals surface area contributed by atoms with Crippen molar-refractivity contribution in [2.45, 2.75) is 64.5 Å². The maximum absolute atomic E-state index is 10.9. The third-order valence-corrected chi connectivity index (χ3v) is 3.60. The number of nitrogens with two attached hydrogens (primary N) is 1. The van der Waals surface area contributed by atoms with Crippen LogP contribution in [0, 0.1) is 0 Å². The Morgan fingerprint density at radius 1 is 1.45 bits per heavy atom. The van der Waals surface area contributed by atoms with Crippen LogP contribution >= 0.6 is 0 Å². The summed E-state index contributed by atoms with van der Waals surface area (Å²) in [5, 5.41) is 8.91. The highest BCUT2D eigenvalue weighted by molar-refractivity contribution is 5.72. The molecule has 0 amide bonds. The zero-order valence-corrected chi connectivity index (χ0v) is 13.3. The summed E-state index contributed by atoms with van der Waals surface area (Å²) in [6.45, 7) is 2.99. The highest BCUT2D eigenvalue weighted by Gasteiger charge is 2.15. The number of hydrogen-bond donors (Lipinski definition) is 2. The molecule has 0 fully saturated rings. The summed E-state index contributed by atoms with van der Waals surface area (Å²) >= 11 is 0. The van der Waals surface area contributed by atoms with Crippen molar-refractivity contribution in [2.75, 3.05) is 0 Å². The van der Waals surface area contributed by atoms with E-state index in [9.17, 15) is 4.79 Å². The maximum Gasteiger partial charge on any atom is 0.334 e. The molecule has 0 radical (unpaired) electrons. The summed E-state index contributed by atoms with van der Waals surface area (Å²) in [4.78, 5) is 19.4. The number of carboxylic acid groups (broad SMARTS) is 1. The Morgan fingerprint density at radius 2 is 2.27 bits per heavy atom. The lowest BCUT2D eigenvalue weighted by Crippen LogP contribution is -2.26. The van der Waals surface area contributed by atoms with Crippen molar-refractivity contribution in [3.8, 4) is 0 Å². The smallest absolute Gasteiger partial charge is 0.334 e. The molecule has 0 aliphatic carbocycles. The van der Waals surface area contributed by atoms with E-state index in [2.05, 4.69) is 22.8 Å². The summed E-state index contributed by atoms with van der Waals surface area (Å²) in [6, 6.07) is 0. The zero-order chi connectivity index (χ0) is 16.2. The van der Waals surface area contributed by atoms with Crippen molar-refractivity contribution in [1.29, 1.82) is 0 Å². The second-order valence-electron chi connectivity index (χ2n) is 5.45. The van der Waals surface area contributed by atoms with Crippen LogP contribution in [-0.2, 0) is 16.2 Å². The molecule has 0 aliphatic heterocycles. The molecular weight excluding hydrogens is 282 g/mol. The number of carbonyl (C=O) groups is 1. The third kappa shape index (κ3) is 7.38. The quantitative estimate of drug-likeness (QED) is 0.352. The van der Waals surface area contributed by atoms with E-state index >= 15 is 0 Å². The summed E-state index contributed by atoms with van der Waals surface area (Å²) in [5.74, 6) is 3.98. The molecule has 3 N–H and O–H groups in total. The van der Waals surface area contributed by atoms with Crippen LogP contribution in [0.25, 0.3) is 0 Å². The van der Waals surface area contributed by atoms with Gasteiger partial charge in [0.1, 0.15) is 0 Å². The lowest BCUT2D eigenvalue weighted by Gasteiger charge is -2.11. The van der Waals surface area contributed by atoms with E-state index in [0.717, 1.165) is 19.4 Å². The Balaban J connectivity index is 2.51. The maximum atomic E-state index is 10.9. The van der Waals surface area contributed by atoms with Gasteiger partial charge in [-0.25, -0.2) is 15.7 Å². The minimum absolute atomic E-state index is 0.383. The molecule has 0 saturated carbocycles. The normalized spacial score (nSPS) is 13.3. The van der Waals surface area contributed by atoms with Gasteiger partial charge in [0.15, 0.2) is 6.10 Å². The van der Waals surface area contributed by atoms with Gasteiger partial charge in [-0.2, -0.15) is 0 Å². The van der Waals surface area contributed by atoms with Gasteiger partial charge < -0.3 is 9.67 Å². The molecule has 0 saturated heterocycles. The Bertz CT molecular complexity index is 443. The molecule has 1 heterocycles. The standard InChI is InChI=1S/C16H27N3O3/c1-2-3-4-5-7-14(12-19-11-10-18-13-19)8-6-9-15(22-17)16(20)21/h8,10-11,13,15H,2-7,9,12,17H2,1H3,(H,20,21)/b14-8+. The van der Waals surface area contributed by atoms with Gasteiger partial charge in [-0.1, -0.05) is 37.8 Å². The SMILES string of the molecule is CCCCCC/C(=C\CCC(ON)C(=O)O)Cn1ccnc1. The molecular formula is C16H27N3O3. The van der Waals surface area contributed by atoms with E-state index in [4.69, 9.17) is 11.0 Å². The topological polar surface area (TPSA) is 90.4 Å². The van der Waals surface area contributed by atoms with Gasteiger partial charge in [0.2, 0.25) is 0 Å². The zero-order valence-electron chi connectivity index (χ0n) is 13.3. The largest absolute Gasteiger partial charge is 0.479 e. The van der Waals surface area contributed by atoms with Crippen LogP contribution in [0.15, 0.2) is 30.4 Å². The average Bonchev–Trinajstić information content (AvgIpc) is 3.00. The molecule has 1 rings (SSSR count). The molecule has 0 aliphatic rings. The summed E-state index contributed by atoms with van der Waals surface area (Å²) in [6.07, 6.45) is 13.6. The van der Waals surface area contributed by atoms with Crippen LogP contribution in [-0.4, -0.2) is 26.7 Å². The number of rotatable bonds is 12. The van der Waals surface area contributed by atoms with E-state index < -0.39 is 12.1 Å².